The topological polar surface area (TPSA) is 84.4 Å². The molecule has 0 bridgehead atoms. The van der Waals surface area contributed by atoms with Crippen LogP contribution in [-0.4, -0.2) is 50.7 Å². The summed E-state index contributed by atoms with van der Waals surface area (Å²) in [4.78, 5) is 4.21. The molecule has 0 saturated carbocycles. The van der Waals surface area contributed by atoms with Gasteiger partial charge in [0.2, 0.25) is 24.2 Å². The van der Waals surface area contributed by atoms with E-state index in [0.29, 0.717) is 18.5 Å². The number of aromatic nitrogens is 1. The van der Waals surface area contributed by atoms with Crippen molar-refractivity contribution in [1.29, 1.82) is 0 Å². The third-order valence-electron chi connectivity index (χ3n) is 4.00. The van der Waals surface area contributed by atoms with Crippen LogP contribution < -0.4 is 0 Å². The molecule has 0 spiro atoms. The van der Waals surface area contributed by atoms with Gasteiger partial charge >= 0.3 is 0 Å². The molecule has 0 N–H and O–H groups in total. The number of thiazole rings is 1. The van der Waals surface area contributed by atoms with E-state index in [1.54, 1.807) is 13.0 Å². The number of sulfonamides is 1. The highest BCUT2D eigenvalue weighted by molar-refractivity contribution is 7.93. The Morgan fingerprint density at radius 1 is 1.26 bits per heavy atom. The third kappa shape index (κ3) is 3.42. The Bertz CT molecular complexity index is 885. The molecule has 126 valence electrons. The van der Waals surface area contributed by atoms with Crippen LogP contribution in [0, 0.1) is 5.92 Å². The molecule has 2 aromatic rings. The Balaban J connectivity index is 1.77. The SMILES string of the molecule is CCS(=O)(=O)N1CC[C@H](CS(=O)(=O)c2nc3ccccc3s2)C1. The van der Waals surface area contributed by atoms with E-state index in [2.05, 4.69) is 4.98 Å². The van der Waals surface area contributed by atoms with Crippen LogP contribution in [0.2, 0.25) is 0 Å². The van der Waals surface area contributed by atoms with Crippen LogP contribution in [0.4, 0.5) is 0 Å². The molecular weight excluding hydrogens is 356 g/mol. The Morgan fingerprint density at radius 2 is 2.00 bits per heavy atom. The van der Waals surface area contributed by atoms with Crippen molar-refractivity contribution in [2.75, 3.05) is 24.6 Å². The van der Waals surface area contributed by atoms with Gasteiger partial charge in [-0.05, 0) is 31.4 Å². The predicted molar refractivity (Wildman–Crippen MR) is 90.8 cm³/mol. The zero-order chi connectivity index (χ0) is 16.7. The van der Waals surface area contributed by atoms with Gasteiger partial charge in [0.05, 0.1) is 21.7 Å². The molecule has 1 aromatic heterocycles. The van der Waals surface area contributed by atoms with Gasteiger partial charge in [-0.2, -0.15) is 0 Å². The van der Waals surface area contributed by atoms with Crippen LogP contribution >= 0.6 is 11.3 Å². The number of hydrogen-bond donors (Lipinski definition) is 0. The van der Waals surface area contributed by atoms with Crippen molar-refractivity contribution in [2.24, 2.45) is 5.92 Å². The number of rotatable bonds is 5. The number of hydrogen-bond acceptors (Lipinski definition) is 6. The molecule has 1 atom stereocenters. The van der Waals surface area contributed by atoms with Crippen molar-refractivity contribution in [3.8, 4) is 0 Å². The fourth-order valence-corrected chi connectivity index (χ4v) is 6.87. The Morgan fingerprint density at radius 3 is 2.70 bits per heavy atom. The van der Waals surface area contributed by atoms with E-state index < -0.39 is 19.9 Å². The highest BCUT2D eigenvalue weighted by Gasteiger charge is 2.34. The second-order valence-corrected chi connectivity index (χ2v) is 11.1. The van der Waals surface area contributed by atoms with Crippen molar-refractivity contribution in [3.63, 3.8) is 0 Å². The second-order valence-electron chi connectivity index (χ2n) is 5.64. The highest BCUT2D eigenvalue weighted by Crippen LogP contribution is 2.29. The van der Waals surface area contributed by atoms with Crippen LogP contribution in [0.5, 0.6) is 0 Å². The minimum Gasteiger partial charge on any atom is -0.225 e. The molecule has 0 unspecified atom stereocenters. The summed E-state index contributed by atoms with van der Waals surface area (Å²) in [5.74, 6) is -0.180. The monoisotopic (exact) mass is 374 g/mol. The lowest BCUT2D eigenvalue weighted by Gasteiger charge is -2.14. The van der Waals surface area contributed by atoms with Crippen molar-refractivity contribution in [3.05, 3.63) is 24.3 Å². The summed E-state index contributed by atoms with van der Waals surface area (Å²) in [5.41, 5.74) is 0.678. The smallest absolute Gasteiger partial charge is 0.213 e. The maximum absolute atomic E-state index is 12.6. The minimum atomic E-state index is -3.50. The average molecular weight is 375 g/mol. The fraction of sp³-hybridized carbons (Fsp3) is 0.500. The largest absolute Gasteiger partial charge is 0.225 e. The summed E-state index contributed by atoms with van der Waals surface area (Å²) in [7, 11) is -6.74. The van der Waals surface area contributed by atoms with Crippen LogP contribution in [0.15, 0.2) is 28.6 Å². The van der Waals surface area contributed by atoms with Gasteiger partial charge in [-0.1, -0.05) is 12.1 Å². The van der Waals surface area contributed by atoms with E-state index in [1.807, 2.05) is 18.2 Å². The lowest BCUT2D eigenvalue weighted by molar-refractivity contribution is 0.464. The molecule has 1 aromatic carbocycles. The van der Waals surface area contributed by atoms with Gasteiger partial charge in [0.1, 0.15) is 0 Å². The number of para-hydroxylation sites is 1. The van der Waals surface area contributed by atoms with E-state index >= 15 is 0 Å². The Kier molecular flexibility index (Phi) is 4.47. The standard InChI is InChI=1S/C14H18N2O4S3/c1-2-23(19,20)16-8-7-11(9-16)10-22(17,18)14-15-12-5-3-4-6-13(12)21-14/h3-6,11H,2,7-10H2,1H3/t11-/m0/s1. The first-order valence-electron chi connectivity index (χ1n) is 7.38. The van der Waals surface area contributed by atoms with E-state index in [0.717, 1.165) is 4.70 Å². The summed E-state index contributed by atoms with van der Waals surface area (Å²) in [6.07, 6.45) is 0.573. The zero-order valence-electron chi connectivity index (χ0n) is 12.7. The first-order chi connectivity index (χ1) is 10.8. The maximum Gasteiger partial charge on any atom is 0.213 e. The van der Waals surface area contributed by atoms with E-state index in [-0.39, 0.29) is 28.3 Å². The first-order valence-corrected chi connectivity index (χ1v) is 11.5. The van der Waals surface area contributed by atoms with E-state index in [1.165, 1.54) is 15.6 Å². The van der Waals surface area contributed by atoms with Crippen molar-refractivity contribution in [1.82, 2.24) is 9.29 Å². The number of nitrogens with zero attached hydrogens (tertiary/aromatic N) is 2. The third-order valence-corrected chi connectivity index (χ3v) is 9.23. The molecule has 0 aliphatic carbocycles. The van der Waals surface area contributed by atoms with E-state index in [9.17, 15) is 16.8 Å². The molecule has 1 aliphatic heterocycles. The summed E-state index contributed by atoms with van der Waals surface area (Å²) in [5, 5.41) is 0. The lowest BCUT2D eigenvalue weighted by atomic mass is 10.2. The highest BCUT2D eigenvalue weighted by atomic mass is 32.2. The molecule has 23 heavy (non-hydrogen) atoms. The van der Waals surface area contributed by atoms with Gasteiger partial charge in [0.15, 0.2) is 0 Å². The Hall–Kier alpha value is -1.03. The fourth-order valence-electron chi connectivity index (χ4n) is 2.73. The molecule has 1 aliphatic rings. The summed E-state index contributed by atoms with van der Waals surface area (Å²) < 4.78 is 51.2. The lowest BCUT2D eigenvalue weighted by Crippen LogP contribution is -2.31. The van der Waals surface area contributed by atoms with Crippen LogP contribution in [0.3, 0.4) is 0 Å². The molecular formula is C14H18N2O4S3. The normalized spacial score (nSPS) is 20.3. The van der Waals surface area contributed by atoms with Crippen molar-refractivity contribution >= 4 is 41.4 Å². The molecule has 0 radical (unpaired) electrons. The molecule has 9 heteroatoms. The maximum atomic E-state index is 12.6. The van der Waals surface area contributed by atoms with Crippen LogP contribution in [0.25, 0.3) is 10.2 Å². The van der Waals surface area contributed by atoms with Crippen LogP contribution in [0.1, 0.15) is 13.3 Å². The molecule has 2 heterocycles. The molecule has 1 fully saturated rings. The van der Waals surface area contributed by atoms with Gasteiger partial charge in [-0.25, -0.2) is 26.1 Å². The Labute approximate surface area is 140 Å². The molecule has 0 amide bonds. The number of sulfone groups is 1. The summed E-state index contributed by atoms with van der Waals surface area (Å²) >= 11 is 1.17. The van der Waals surface area contributed by atoms with Gasteiger partial charge in [0, 0.05) is 13.1 Å². The number of benzene rings is 1. The van der Waals surface area contributed by atoms with Gasteiger partial charge in [-0.15, -0.1) is 11.3 Å². The average Bonchev–Trinajstić information content (AvgIpc) is 3.13. The summed E-state index contributed by atoms with van der Waals surface area (Å²) in [6, 6.07) is 7.30. The zero-order valence-corrected chi connectivity index (χ0v) is 15.1. The van der Waals surface area contributed by atoms with E-state index in [4.69, 9.17) is 0 Å². The molecule has 6 nitrogen and oxygen atoms in total. The quantitative estimate of drug-likeness (QED) is 0.796. The predicted octanol–water partition coefficient (Wildman–Crippen LogP) is 1.74. The van der Waals surface area contributed by atoms with Gasteiger partial charge < -0.3 is 0 Å². The van der Waals surface area contributed by atoms with Crippen LogP contribution in [-0.2, 0) is 19.9 Å². The molecule has 1 saturated heterocycles. The summed E-state index contributed by atoms with van der Waals surface area (Å²) in [6.45, 7) is 2.27. The van der Waals surface area contributed by atoms with Gasteiger partial charge in [0.25, 0.3) is 0 Å². The van der Waals surface area contributed by atoms with Gasteiger partial charge in [-0.3, -0.25) is 0 Å². The minimum absolute atomic E-state index is 0.0460. The van der Waals surface area contributed by atoms with Crippen molar-refractivity contribution < 1.29 is 16.8 Å². The second kappa shape index (κ2) is 6.12. The first kappa shape index (κ1) is 16.8. The number of fused-ring (bicyclic) bond motifs is 1. The molecule has 3 rings (SSSR count). The van der Waals surface area contributed by atoms with Crippen molar-refractivity contribution in [2.45, 2.75) is 17.7 Å².